The molecule has 3 aromatic rings. The highest BCUT2D eigenvalue weighted by molar-refractivity contribution is 5.65. The van der Waals surface area contributed by atoms with Gasteiger partial charge in [0.15, 0.2) is 0 Å². The van der Waals surface area contributed by atoms with Crippen LogP contribution in [-0.4, -0.2) is 22.6 Å². The van der Waals surface area contributed by atoms with Crippen molar-refractivity contribution in [1.82, 2.24) is 9.97 Å². The fraction of sp³-hybridized carbons (Fsp3) is 0.304. The van der Waals surface area contributed by atoms with E-state index in [0.29, 0.717) is 0 Å². The fourth-order valence-electron chi connectivity index (χ4n) is 3.00. The summed E-state index contributed by atoms with van der Waals surface area (Å²) in [7, 11) is 0. The molecule has 28 heavy (non-hydrogen) atoms. The monoisotopic (exact) mass is 376 g/mol. The molecule has 5 heteroatoms. The molecule has 2 aromatic carbocycles. The normalized spacial score (nSPS) is 10.8. The predicted molar refractivity (Wildman–Crippen MR) is 115 cm³/mol. The van der Waals surface area contributed by atoms with Crippen LogP contribution < -0.4 is 15.0 Å². The zero-order valence-electron chi connectivity index (χ0n) is 17.0. The van der Waals surface area contributed by atoms with E-state index in [1.165, 1.54) is 5.56 Å². The predicted octanol–water partition coefficient (Wildman–Crippen LogP) is 5.34. The summed E-state index contributed by atoms with van der Waals surface area (Å²) in [5.74, 6) is 3.21. The molecule has 1 N–H and O–H groups in total. The van der Waals surface area contributed by atoms with Gasteiger partial charge >= 0.3 is 0 Å². The maximum absolute atomic E-state index is 5.91. The van der Waals surface area contributed by atoms with Crippen molar-refractivity contribution in [2.75, 3.05) is 16.8 Å². The first kappa shape index (κ1) is 19.7. The van der Waals surface area contributed by atoms with E-state index >= 15 is 0 Å². The molecule has 1 aromatic heterocycles. The lowest BCUT2D eigenvalue weighted by Crippen LogP contribution is -2.23. The molecular weight excluding hydrogens is 348 g/mol. The van der Waals surface area contributed by atoms with Crippen LogP contribution >= 0.6 is 0 Å². The van der Waals surface area contributed by atoms with E-state index < -0.39 is 0 Å². The molecule has 0 saturated carbocycles. The Morgan fingerprint density at radius 1 is 1.00 bits per heavy atom. The van der Waals surface area contributed by atoms with Crippen LogP contribution in [0.25, 0.3) is 0 Å². The summed E-state index contributed by atoms with van der Waals surface area (Å²) in [6, 6.07) is 20.3. The number of nitrogens with zero attached hydrogens (tertiary/aromatic N) is 3. The van der Waals surface area contributed by atoms with Crippen LogP contribution in [0.3, 0.4) is 0 Å². The molecule has 0 aliphatic rings. The van der Waals surface area contributed by atoms with Gasteiger partial charge in [-0.15, -0.1) is 0 Å². The number of rotatable bonds is 8. The lowest BCUT2D eigenvalue weighted by molar-refractivity contribution is 0.244. The zero-order chi connectivity index (χ0) is 19.9. The number of benzene rings is 2. The van der Waals surface area contributed by atoms with Gasteiger partial charge in [-0.3, -0.25) is 0 Å². The average molecular weight is 377 g/mol. The minimum Gasteiger partial charge on any atom is -0.489 e. The van der Waals surface area contributed by atoms with Gasteiger partial charge in [-0.1, -0.05) is 42.5 Å². The fourth-order valence-corrected chi connectivity index (χ4v) is 3.00. The van der Waals surface area contributed by atoms with Crippen LogP contribution in [0.4, 0.5) is 17.3 Å². The third kappa shape index (κ3) is 5.22. The number of aryl methyl sites for hydroxylation is 1. The molecule has 3 rings (SSSR count). The van der Waals surface area contributed by atoms with Crippen molar-refractivity contribution >= 4 is 17.3 Å². The van der Waals surface area contributed by atoms with Crippen molar-refractivity contribution in [2.45, 2.75) is 40.3 Å². The molecule has 0 amide bonds. The van der Waals surface area contributed by atoms with E-state index in [1.807, 2.05) is 57.2 Å². The highest BCUT2D eigenvalue weighted by atomic mass is 16.5. The van der Waals surface area contributed by atoms with Crippen LogP contribution in [0.5, 0.6) is 5.75 Å². The van der Waals surface area contributed by atoms with Crippen LogP contribution in [0.1, 0.15) is 32.2 Å². The molecule has 0 unspecified atom stereocenters. The number of ether oxygens (including phenoxy) is 1. The van der Waals surface area contributed by atoms with Crippen molar-refractivity contribution < 1.29 is 4.74 Å². The van der Waals surface area contributed by atoms with Crippen molar-refractivity contribution in [3.8, 4) is 5.75 Å². The first-order chi connectivity index (χ1) is 13.5. The number of hydrogen-bond acceptors (Lipinski definition) is 5. The summed E-state index contributed by atoms with van der Waals surface area (Å²) in [6.07, 6.45) is 0.104. The number of aromatic nitrogens is 2. The molecule has 0 saturated heterocycles. The Hall–Kier alpha value is -3.08. The summed E-state index contributed by atoms with van der Waals surface area (Å²) in [6.45, 7) is 9.76. The lowest BCUT2D eigenvalue weighted by Gasteiger charge is -2.23. The molecule has 0 radical (unpaired) electrons. The standard InChI is InChI=1S/C23H28N4O/c1-5-27(16-19-11-7-6-8-12-19)23-15-22(24-18(4)25-23)26-20-13-9-10-14-21(20)28-17(2)3/h6-15,17H,5,16H2,1-4H3,(H,24,25,26). The van der Waals surface area contributed by atoms with Crippen molar-refractivity contribution in [2.24, 2.45) is 0 Å². The van der Waals surface area contributed by atoms with E-state index in [0.717, 1.165) is 42.0 Å². The molecule has 0 bridgehead atoms. The van der Waals surface area contributed by atoms with Gasteiger partial charge in [-0.05, 0) is 45.4 Å². The number of nitrogens with one attached hydrogen (secondary N) is 1. The van der Waals surface area contributed by atoms with Crippen molar-refractivity contribution in [3.63, 3.8) is 0 Å². The second-order valence-electron chi connectivity index (χ2n) is 6.95. The van der Waals surface area contributed by atoms with Crippen molar-refractivity contribution in [1.29, 1.82) is 0 Å². The van der Waals surface area contributed by atoms with Gasteiger partial charge < -0.3 is 15.0 Å². The summed E-state index contributed by atoms with van der Waals surface area (Å²) in [5.41, 5.74) is 2.15. The highest BCUT2D eigenvalue weighted by Gasteiger charge is 2.12. The third-order valence-corrected chi connectivity index (χ3v) is 4.26. The van der Waals surface area contributed by atoms with E-state index in [1.54, 1.807) is 0 Å². The van der Waals surface area contributed by atoms with E-state index in [4.69, 9.17) is 4.74 Å². The summed E-state index contributed by atoms with van der Waals surface area (Å²) in [4.78, 5) is 11.5. The maximum Gasteiger partial charge on any atom is 0.143 e. The second-order valence-corrected chi connectivity index (χ2v) is 6.95. The molecule has 0 aliphatic carbocycles. The minimum absolute atomic E-state index is 0.104. The largest absolute Gasteiger partial charge is 0.489 e. The molecular formula is C23H28N4O. The van der Waals surface area contributed by atoms with E-state index in [-0.39, 0.29) is 6.10 Å². The Morgan fingerprint density at radius 2 is 1.71 bits per heavy atom. The minimum atomic E-state index is 0.104. The Balaban J connectivity index is 1.85. The quantitative estimate of drug-likeness (QED) is 0.575. The number of hydrogen-bond donors (Lipinski definition) is 1. The molecule has 0 atom stereocenters. The second kappa shape index (κ2) is 9.22. The Kier molecular flexibility index (Phi) is 6.48. The summed E-state index contributed by atoms with van der Waals surface area (Å²) in [5, 5.41) is 3.40. The molecule has 0 aliphatic heterocycles. The smallest absolute Gasteiger partial charge is 0.143 e. The maximum atomic E-state index is 5.91. The summed E-state index contributed by atoms with van der Waals surface area (Å²) < 4.78 is 5.91. The molecule has 5 nitrogen and oxygen atoms in total. The highest BCUT2D eigenvalue weighted by Crippen LogP contribution is 2.29. The van der Waals surface area contributed by atoms with Crippen LogP contribution in [0.15, 0.2) is 60.7 Å². The molecule has 0 fully saturated rings. The Morgan fingerprint density at radius 3 is 2.43 bits per heavy atom. The van der Waals surface area contributed by atoms with Gasteiger partial charge in [0.05, 0.1) is 11.8 Å². The Bertz CT molecular complexity index is 896. The van der Waals surface area contributed by atoms with Gasteiger partial charge in [0, 0.05) is 19.2 Å². The first-order valence-corrected chi connectivity index (χ1v) is 9.72. The first-order valence-electron chi connectivity index (χ1n) is 9.72. The van der Waals surface area contributed by atoms with E-state index in [9.17, 15) is 0 Å². The van der Waals surface area contributed by atoms with Crippen molar-refractivity contribution in [3.05, 3.63) is 72.1 Å². The van der Waals surface area contributed by atoms with Gasteiger partial charge in [-0.25, -0.2) is 9.97 Å². The third-order valence-electron chi connectivity index (χ3n) is 4.26. The van der Waals surface area contributed by atoms with E-state index in [2.05, 4.69) is 51.4 Å². The van der Waals surface area contributed by atoms with Gasteiger partial charge in [0.25, 0.3) is 0 Å². The van der Waals surface area contributed by atoms with Crippen LogP contribution in [0.2, 0.25) is 0 Å². The SMILES string of the molecule is CCN(Cc1ccccc1)c1cc(Nc2ccccc2OC(C)C)nc(C)n1. The Labute approximate surface area is 167 Å². The van der Waals surface area contributed by atoms with Crippen LogP contribution in [0, 0.1) is 6.92 Å². The van der Waals surface area contributed by atoms with Gasteiger partial charge in [0.1, 0.15) is 23.2 Å². The van der Waals surface area contributed by atoms with Gasteiger partial charge in [0.2, 0.25) is 0 Å². The average Bonchev–Trinajstić information content (AvgIpc) is 2.67. The molecule has 0 spiro atoms. The number of anilines is 3. The summed E-state index contributed by atoms with van der Waals surface area (Å²) >= 11 is 0. The lowest BCUT2D eigenvalue weighted by atomic mass is 10.2. The molecule has 146 valence electrons. The zero-order valence-corrected chi connectivity index (χ0v) is 17.0. The van der Waals surface area contributed by atoms with Gasteiger partial charge in [-0.2, -0.15) is 0 Å². The molecule has 1 heterocycles. The number of para-hydroxylation sites is 2. The van der Waals surface area contributed by atoms with Crippen LogP contribution in [-0.2, 0) is 6.54 Å². The topological polar surface area (TPSA) is 50.3 Å².